The predicted octanol–water partition coefficient (Wildman–Crippen LogP) is 2.62. The predicted molar refractivity (Wildman–Crippen MR) is 114 cm³/mol. The number of aryl methyl sites for hydroxylation is 1. The zero-order chi connectivity index (χ0) is 20.9. The summed E-state index contributed by atoms with van der Waals surface area (Å²) in [7, 11) is -3.32. The Labute approximate surface area is 172 Å². The second-order valence-electron chi connectivity index (χ2n) is 7.57. The molecule has 1 aromatic heterocycles. The van der Waals surface area contributed by atoms with Crippen molar-refractivity contribution in [3.8, 4) is 0 Å². The largest absolute Gasteiger partial charge is 0.335 e. The van der Waals surface area contributed by atoms with Gasteiger partial charge in [-0.15, -0.1) is 0 Å². The molecule has 0 spiro atoms. The minimum Gasteiger partial charge on any atom is -0.335 e. The van der Waals surface area contributed by atoms with E-state index in [4.69, 9.17) is 0 Å². The Hall–Kier alpha value is -2.45. The van der Waals surface area contributed by atoms with Gasteiger partial charge in [0, 0.05) is 50.0 Å². The van der Waals surface area contributed by atoms with Crippen molar-refractivity contribution < 1.29 is 13.2 Å². The number of pyridine rings is 1. The van der Waals surface area contributed by atoms with Crippen LogP contribution in [-0.4, -0.2) is 56.3 Å². The van der Waals surface area contributed by atoms with E-state index in [1.165, 1.54) is 11.6 Å². The number of hydrogen-bond donors (Lipinski definition) is 2. The molecule has 0 atom stereocenters. The van der Waals surface area contributed by atoms with Gasteiger partial charge >= 0.3 is 6.03 Å². The molecule has 1 aliphatic heterocycles. The summed E-state index contributed by atoms with van der Waals surface area (Å²) in [6, 6.07) is 8.66. The zero-order valence-electron chi connectivity index (χ0n) is 16.9. The fraction of sp³-hybridized carbons (Fsp3) is 0.429. The lowest BCUT2D eigenvalue weighted by Gasteiger charge is -2.32. The third-order valence-electron chi connectivity index (χ3n) is 5.27. The van der Waals surface area contributed by atoms with Gasteiger partial charge in [0.2, 0.25) is 0 Å². The molecule has 1 saturated heterocycles. The van der Waals surface area contributed by atoms with Crippen molar-refractivity contribution in [1.29, 1.82) is 0 Å². The smallest absolute Gasteiger partial charge is 0.319 e. The third kappa shape index (κ3) is 6.27. The number of nitrogens with one attached hydrogen (secondary N) is 2. The Bertz CT molecular complexity index is 940. The molecule has 3 rings (SSSR count). The molecule has 0 saturated carbocycles. The van der Waals surface area contributed by atoms with Crippen LogP contribution in [0.15, 0.2) is 47.6 Å². The first-order chi connectivity index (χ1) is 13.8. The van der Waals surface area contributed by atoms with Gasteiger partial charge in [0.1, 0.15) is 0 Å². The van der Waals surface area contributed by atoms with E-state index >= 15 is 0 Å². The Morgan fingerprint density at radius 3 is 2.52 bits per heavy atom. The first-order valence-electron chi connectivity index (χ1n) is 9.81. The molecule has 0 radical (unpaired) electrons. The molecule has 1 aromatic carbocycles. The van der Waals surface area contributed by atoms with Crippen LogP contribution >= 0.6 is 0 Å². The van der Waals surface area contributed by atoms with Crippen LogP contribution in [0.4, 0.5) is 10.5 Å². The highest BCUT2D eigenvalue weighted by Gasteiger charge is 2.21. The van der Waals surface area contributed by atoms with E-state index in [0.717, 1.165) is 50.7 Å². The van der Waals surface area contributed by atoms with Gasteiger partial charge in [-0.05, 0) is 61.6 Å². The summed E-state index contributed by atoms with van der Waals surface area (Å²) in [6.07, 6.45) is 7.58. The van der Waals surface area contributed by atoms with Gasteiger partial charge in [0.15, 0.2) is 9.84 Å². The minimum absolute atomic E-state index is 0.116. The number of aromatic nitrogens is 1. The maximum Gasteiger partial charge on any atom is 0.319 e. The van der Waals surface area contributed by atoms with E-state index in [1.54, 1.807) is 12.1 Å². The van der Waals surface area contributed by atoms with Crippen molar-refractivity contribution in [2.24, 2.45) is 0 Å². The molecule has 0 bridgehead atoms. The number of hydrogen-bond acceptors (Lipinski definition) is 5. The van der Waals surface area contributed by atoms with Crippen molar-refractivity contribution in [3.63, 3.8) is 0 Å². The number of carbonyl (C=O) groups is 1. The molecule has 156 valence electrons. The molecule has 8 heteroatoms. The van der Waals surface area contributed by atoms with Crippen molar-refractivity contribution in [2.45, 2.75) is 37.1 Å². The molecule has 0 aliphatic carbocycles. The molecular weight excluding hydrogens is 388 g/mol. The van der Waals surface area contributed by atoms with Gasteiger partial charge in [-0.2, -0.15) is 0 Å². The van der Waals surface area contributed by atoms with Crippen LogP contribution < -0.4 is 10.6 Å². The third-order valence-corrected chi connectivity index (χ3v) is 6.38. The molecule has 2 amide bonds. The molecule has 2 N–H and O–H groups in total. The number of carbonyl (C=O) groups excluding carboxylic acids is 1. The fourth-order valence-electron chi connectivity index (χ4n) is 3.45. The second-order valence-corrected chi connectivity index (χ2v) is 9.58. The summed E-state index contributed by atoms with van der Waals surface area (Å²) < 4.78 is 23.5. The van der Waals surface area contributed by atoms with E-state index in [1.807, 2.05) is 31.5 Å². The van der Waals surface area contributed by atoms with E-state index in [-0.39, 0.29) is 17.0 Å². The Morgan fingerprint density at radius 1 is 1.17 bits per heavy atom. The van der Waals surface area contributed by atoms with Crippen molar-refractivity contribution in [3.05, 3.63) is 53.9 Å². The average molecular weight is 417 g/mol. The maximum absolute atomic E-state index is 12.4. The first kappa shape index (κ1) is 21.3. The van der Waals surface area contributed by atoms with Crippen LogP contribution in [0.3, 0.4) is 0 Å². The maximum atomic E-state index is 12.4. The van der Waals surface area contributed by atoms with Gasteiger partial charge in [-0.25, -0.2) is 13.2 Å². The topological polar surface area (TPSA) is 91.4 Å². The fourth-order valence-corrected chi connectivity index (χ4v) is 4.09. The van der Waals surface area contributed by atoms with E-state index < -0.39 is 9.84 Å². The number of benzene rings is 1. The Morgan fingerprint density at radius 2 is 1.86 bits per heavy atom. The van der Waals surface area contributed by atoms with Gasteiger partial charge in [-0.1, -0.05) is 6.07 Å². The number of amides is 2. The first-order valence-corrected chi connectivity index (χ1v) is 11.7. The molecule has 2 aromatic rings. The summed E-state index contributed by atoms with van der Waals surface area (Å²) in [6.45, 7) is 4.72. The normalized spacial score (nSPS) is 15.8. The quantitative estimate of drug-likeness (QED) is 0.755. The molecule has 1 aliphatic rings. The lowest BCUT2D eigenvalue weighted by molar-refractivity contribution is 0.197. The summed E-state index contributed by atoms with van der Waals surface area (Å²) >= 11 is 0. The lowest BCUT2D eigenvalue weighted by Crippen LogP contribution is -2.46. The lowest BCUT2D eigenvalue weighted by atomic mass is 10.0. The summed E-state index contributed by atoms with van der Waals surface area (Å²) in [4.78, 5) is 19.0. The number of urea groups is 1. The minimum atomic E-state index is -3.32. The van der Waals surface area contributed by atoms with Crippen LogP contribution in [0.2, 0.25) is 0 Å². The van der Waals surface area contributed by atoms with Crippen LogP contribution in [-0.2, 0) is 16.3 Å². The number of piperidine rings is 1. The Kier molecular flexibility index (Phi) is 6.87. The summed E-state index contributed by atoms with van der Waals surface area (Å²) in [5.41, 5.74) is 2.62. The molecule has 0 unspecified atom stereocenters. The van der Waals surface area contributed by atoms with Crippen LogP contribution in [0.25, 0.3) is 0 Å². The molecule has 29 heavy (non-hydrogen) atoms. The molecule has 7 nitrogen and oxygen atoms in total. The molecule has 2 heterocycles. The van der Waals surface area contributed by atoms with Crippen molar-refractivity contribution in [2.75, 3.05) is 31.2 Å². The highest BCUT2D eigenvalue weighted by molar-refractivity contribution is 7.90. The zero-order valence-corrected chi connectivity index (χ0v) is 17.7. The van der Waals surface area contributed by atoms with Gasteiger partial charge in [0.25, 0.3) is 0 Å². The van der Waals surface area contributed by atoms with Crippen molar-refractivity contribution >= 4 is 21.6 Å². The number of nitrogens with zero attached hydrogens (tertiary/aromatic N) is 2. The monoisotopic (exact) mass is 416 g/mol. The highest BCUT2D eigenvalue weighted by atomic mass is 32.2. The standard InChI is InChI=1S/C21H28N4O3S/c1-16-3-4-19(29(2,27)28)15-20(16)24-21(26)23-18-8-13-25(14-9-18)12-7-17-5-10-22-11-6-17/h3-6,10-11,15,18H,7-9,12-14H2,1-2H3,(H2,23,24,26). The Balaban J connectivity index is 1.46. The molecular formula is C21H28N4O3S. The van der Waals surface area contributed by atoms with E-state index in [0.29, 0.717) is 5.69 Å². The van der Waals surface area contributed by atoms with E-state index in [2.05, 4.69) is 20.5 Å². The van der Waals surface area contributed by atoms with Gasteiger partial charge < -0.3 is 15.5 Å². The van der Waals surface area contributed by atoms with Gasteiger partial charge in [-0.3, -0.25) is 4.98 Å². The van der Waals surface area contributed by atoms with Crippen LogP contribution in [0, 0.1) is 6.92 Å². The van der Waals surface area contributed by atoms with E-state index in [9.17, 15) is 13.2 Å². The highest BCUT2D eigenvalue weighted by Crippen LogP contribution is 2.20. The van der Waals surface area contributed by atoms with Crippen molar-refractivity contribution in [1.82, 2.24) is 15.2 Å². The number of sulfone groups is 1. The van der Waals surface area contributed by atoms with Crippen LogP contribution in [0.1, 0.15) is 24.0 Å². The summed E-state index contributed by atoms with van der Waals surface area (Å²) in [5.74, 6) is 0. The van der Waals surface area contributed by atoms with Gasteiger partial charge in [0.05, 0.1) is 4.90 Å². The SMILES string of the molecule is Cc1ccc(S(C)(=O)=O)cc1NC(=O)NC1CCN(CCc2ccncc2)CC1. The number of rotatable bonds is 6. The number of likely N-dealkylation sites (tertiary alicyclic amines) is 1. The van der Waals surface area contributed by atoms with Crippen LogP contribution in [0.5, 0.6) is 0 Å². The second kappa shape index (κ2) is 9.37. The molecule has 1 fully saturated rings. The number of anilines is 1. The average Bonchev–Trinajstić information content (AvgIpc) is 2.69. The summed E-state index contributed by atoms with van der Waals surface area (Å²) in [5, 5.41) is 5.81.